The van der Waals surface area contributed by atoms with Crippen molar-refractivity contribution in [2.45, 2.75) is 18.4 Å². The number of hydrogen-bond acceptors (Lipinski definition) is 5. The Morgan fingerprint density at radius 1 is 1.11 bits per heavy atom. The predicted molar refractivity (Wildman–Crippen MR) is 92.1 cm³/mol. The van der Waals surface area contributed by atoms with E-state index in [0.29, 0.717) is 37.0 Å². The van der Waals surface area contributed by atoms with Crippen molar-refractivity contribution in [3.8, 4) is 0 Å². The fraction of sp³-hybridized carbons (Fsp3) is 0.353. The molecule has 10 heteroatoms. The molecule has 4 rings (SSSR count). The molecule has 1 aliphatic heterocycles. The Bertz CT molecular complexity index is 1080. The third kappa shape index (κ3) is 2.95. The van der Waals surface area contributed by atoms with E-state index < -0.39 is 29.4 Å². The van der Waals surface area contributed by atoms with Gasteiger partial charge in [-0.2, -0.15) is 4.52 Å². The van der Waals surface area contributed by atoms with Crippen molar-refractivity contribution < 1.29 is 13.2 Å². The van der Waals surface area contributed by atoms with Gasteiger partial charge >= 0.3 is 5.69 Å². The Morgan fingerprint density at radius 3 is 2.59 bits per heavy atom. The van der Waals surface area contributed by atoms with Gasteiger partial charge < -0.3 is 10.6 Å². The average Bonchev–Trinajstić information content (AvgIpc) is 2.92. The molecule has 2 N–H and O–H groups in total. The van der Waals surface area contributed by atoms with Crippen LogP contribution in [-0.4, -0.2) is 38.5 Å². The van der Waals surface area contributed by atoms with Gasteiger partial charge in [0.25, 0.3) is 0 Å². The lowest BCUT2D eigenvalue weighted by Gasteiger charge is -2.37. The maximum atomic E-state index is 14.1. The molecule has 142 valence electrons. The third-order valence-corrected chi connectivity index (χ3v) is 4.93. The van der Waals surface area contributed by atoms with Crippen LogP contribution in [0.4, 0.5) is 19.0 Å². The molecule has 1 saturated heterocycles. The summed E-state index contributed by atoms with van der Waals surface area (Å²) < 4.78 is 43.2. The van der Waals surface area contributed by atoms with Crippen molar-refractivity contribution in [1.29, 1.82) is 0 Å². The quantitative estimate of drug-likeness (QED) is 0.677. The molecule has 2 aromatic heterocycles. The van der Waals surface area contributed by atoms with E-state index in [9.17, 15) is 18.0 Å². The molecule has 1 aliphatic rings. The first-order chi connectivity index (χ1) is 12.8. The number of anilines is 1. The zero-order valence-corrected chi connectivity index (χ0v) is 14.4. The topological polar surface area (TPSA) is 81.4 Å². The third-order valence-electron chi connectivity index (χ3n) is 4.93. The van der Waals surface area contributed by atoms with Crippen molar-refractivity contribution in [2.75, 3.05) is 18.0 Å². The van der Waals surface area contributed by atoms with Gasteiger partial charge in [0.1, 0.15) is 11.6 Å². The molecule has 1 fully saturated rings. The molecule has 0 bridgehead atoms. The number of aryl methyl sites for hydroxylation is 1. The lowest BCUT2D eigenvalue weighted by atomic mass is 9.85. The van der Waals surface area contributed by atoms with Gasteiger partial charge in [-0.25, -0.2) is 22.6 Å². The zero-order chi connectivity index (χ0) is 19.3. The van der Waals surface area contributed by atoms with E-state index in [1.807, 2.05) is 4.90 Å². The van der Waals surface area contributed by atoms with Crippen LogP contribution >= 0.6 is 0 Å². The van der Waals surface area contributed by atoms with Gasteiger partial charge in [0.15, 0.2) is 17.3 Å². The first-order valence-electron chi connectivity index (χ1n) is 8.43. The lowest BCUT2D eigenvalue weighted by molar-refractivity contribution is 0.415. The minimum atomic E-state index is -1.22. The summed E-state index contributed by atoms with van der Waals surface area (Å²) in [6, 6.07) is 4.32. The number of hydrogen-bond donors (Lipinski definition) is 1. The van der Waals surface area contributed by atoms with Gasteiger partial charge in [-0.05, 0) is 30.2 Å². The fourth-order valence-corrected chi connectivity index (χ4v) is 3.52. The molecular formula is C17H17F3N6O. The Balaban J connectivity index is 1.59. The van der Waals surface area contributed by atoms with Gasteiger partial charge in [0.05, 0.1) is 0 Å². The molecule has 0 aliphatic carbocycles. The summed E-state index contributed by atoms with van der Waals surface area (Å²) in [6.45, 7) is 0.806. The molecule has 0 radical (unpaired) electrons. The highest BCUT2D eigenvalue weighted by Crippen LogP contribution is 2.31. The van der Waals surface area contributed by atoms with Gasteiger partial charge in [-0.1, -0.05) is 0 Å². The minimum Gasteiger partial charge on any atom is -0.354 e. The van der Waals surface area contributed by atoms with Crippen LogP contribution in [-0.2, 0) is 7.05 Å². The van der Waals surface area contributed by atoms with E-state index in [0.717, 1.165) is 6.07 Å². The molecule has 0 amide bonds. The number of nitrogens with zero attached hydrogens (tertiary/aromatic N) is 5. The van der Waals surface area contributed by atoms with Crippen molar-refractivity contribution in [1.82, 2.24) is 19.4 Å². The summed E-state index contributed by atoms with van der Waals surface area (Å²) in [6.07, 6.45) is 0.435. The molecule has 0 saturated carbocycles. The van der Waals surface area contributed by atoms with Crippen LogP contribution in [0.25, 0.3) is 5.65 Å². The van der Waals surface area contributed by atoms with E-state index in [1.165, 1.54) is 16.2 Å². The normalized spacial score (nSPS) is 20.4. The molecule has 0 spiro atoms. The summed E-state index contributed by atoms with van der Waals surface area (Å²) >= 11 is 0. The minimum absolute atomic E-state index is 0.0768. The van der Waals surface area contributed by atoms with E-state index in [4.69, 9.17) is 5.73 Å². The van der Waals surface area contributed by atoms with Crippen LogP contribution in [0.3, 0.4) is 0 Å². The summed E-state index contributed by atoms with van der Waals surface area (Å²) in [5.41, 5.74) is 6.34. The molecule has 3 heterocycles. The van der Waals surface area contributed by atoms with Crippen LogP contribution in [0.2, 0.25) is 0 Å². The smallest absolute Gasteiger partial charge is 0.354 e. The maximum absolute atomic E-state index is 14.1. The number of fused-ring (bicyclic) bond motifs is 1. The zero-order valence-electron chi connectivity index (χ0n) is 14.4. The molecule has 3 aromatic rings. The monoisotopic (exact) mass is 378 g/mol. The van der Waals surface area contributed by atoms with Crippen LogP contribution in [0.5, 0.6) is 0 Å². The molecule has 1 unspecified atom stereocenters. The summed E-state index contributed by atoms with van der Waals surface area (Å²) in [7, 11) is 1.54. The molecular weight excluding hydrogens is 361 g/mol. The Kier molecular flexibility index (Phi) is 4.14. The van der Waals surface area contributed by atoms with Gasteiger partial charge in [-0.3, -0.25) is 0 Å². The van der Waals surface area contributed by atoms with Gasteiger partial charge in [-0.15, -0.1) is 10.2 Å². The molecule has 7 nitrogen and oxygen atoms in total. The number of benzene rings is 1. The Morgan fingerprint density at radius 2 is 1.85 bits per heavy atom. The van der Waals surface area contributed by atoms with Crippen LogP contribution in [0.15, 0.2) is 29.1 Å². The van der Waals surface area contributed by atoms with E-state index in [1.54, 1.807) is 12.1 Å². The Labute approximate surface area is 151 Å². The number of rotatable bonds is 2. The molecule has 2 atom stereocenters. The second kappa shape index (κ2) is 6.38. The lowest BCUT2D eigenvalue weighted by Crippen LogP contribution is -2.48. The molecule has 27 heavy (non-hydrogen) atoms. The first-order valence-corrected chi connectivity index (χ1v) is 8.43. The molecule has 1 aromatic carbocycles. The summed E-state index contributed by atoms with van der Waals surface area (Å²) in [4.78, 5) is 13.9. The number of nitrogens with two attached hydrogens (primary N) is 1. The van der Waals surface area contributed by atoms with Gasteiger partial charge in [0.2, 0.25) is 0 Å². The van der Waals surface area contributed by atoms with E-state index in [-0.39, 0.29) is 11.3 Å². The van der Waals surface area contributed by atoms with Crippen LogP contribution in [0, 0.1) is 17.5 Å². The second-order valence-corrected chi connectivity index (χ2v) is 6.66. The van der Waals surface area contributed by atoms with Gasteiger partial charge in [0, 0.05) is 38.2 Å². The summed E-state index contributed by atoms with van der Waals surface area (Å²) in [5.74, 6) is -3.02. The number of halogens is 3. The van der Waals surface area contributed by atoms with Crippen molar-refractivity contribution >= 4 is 11.5 Å². The van der Waals surface area contributed by atoms with Crippen molar-refractivity contribution in [3.05, 3.63) is 57.8 Å². The van der Waals surface area contributed by atoms with Crippen LogP contribution in [0.1, 0.15) is 17.9 Å². The largest absolute Gasteiger partial charge is 0.366 e. The second-order valence-electron chi connectivity index (χ2n) is 6.66. The fourth-order valence-electron chi connectivity index (χ4n) is 3.52. The highest BCUT2D eigenvalue weighted by atomic mass is 19.2. The SMILES string of the molecule is Cn1nc2ccc(N3CC[C@H](c4cc(F)c(F)cc4F)C(N)C3)nn2c1=O. The highest BCUT2D eigenvalue weighted by molar-refractivity contribution is 5.46. The van der Waals surface area contributed by atoms with E-state index >= 15 is 0 Å². The van der Waals surface area contributed by atoms with E-state index in [2.05, 4.69) is 10.2 Å². The Hall–Kier alpha value is -2.88. The maximum Gasteiger partial charge on any atom is 0.366 e. The van der Waals surface area contributed by atoms with Crippen molar-refractivity contribution in [2.24, 2.45) is 12.8 Å². The van der Waals surface area contributed by atoms with Crippen molar-refractivity contribution in [3.63, 3.8) is 0 Å². The first kappa shape index (κ1) is 17.5. The predicted octanol–water partition coefficient (Wildman–Crippen LogP) is 1.17. The summed E-state index contributed by atoms with van der Waals surface area (Å²) in [5, 5.41) is 8.35. The number of piperidine rings is 1. The highest BCUT2D eigenvalue weighted by Gasteiger charge is 2.31. The average molecular weight is 378 g/mol. The van der Waals surface area contributed by atoms with Crippen LogP contribution < -0.4 is 16.3 Å². The standard InChI is InChI=1S/C17H17F3N6O/c1-24-17(27)26-16(22-24)3-2-15(23-26)25-5-4-9(14(21)8-25)10-6-12(19)13(20)7-11(10)18/h2-3,6-7,9,14H,4-5,8,21H2,1H3/t9-,14?/m1/s1. The number of aromatic nitrogens is 4.